The van der Waals surface area contributed by atoms with Crippen LogP contribution in [0.2, 0.25) is 0 Å². The fraction of sp³-hybridized carbons (Fsp3) is 0.0164. The summed E-state index contributed by atoms with van der Waals surface area (Å²) in [7, 11) is 0. The van der Waals surface area contributed by atoms with Gasteiger partial charge in [-0.15, -0.1) is 11.3 Å². The highest BCUT2D eigenvalue weighted by Crippen LogP contribution is 2.63. The molecule has 0 unspecified atom stereocenters. The maximum atomic E-state index is 2.56. The second-order valence-electron chi connectivity index (χ2n) is 16.7. The molecule has 0 N–H and O–H groups in total. The lowest BCUT2D eigenvalue weighted by atomic mass is 9.70. The van der Waals surface area contributed by atoms with Crippen molar-refractivity contribution in [1.82, 2.24) is 0 Å². The van der Waals surface area contributed by atoms with Gasteiger partial charge in [0, 0.05) is 31.4 Å². The van der Waals surface area contributed by atoms with Crippen LogP contribution in [-0.4, -0.2) is 0 Å². The van der Waals surface area contributed by atoms with Crippen LogP contribution in [-0.2, 0) is 5.41 Å². The maximum Gasteiger partial charge on any atom is 0.0725 e. The Morgan fingerprint density at radius 3 is 1.48 bits per heavy atom. The Morgan fingerprint density at radius 2 is 0.794 bits per heavy atom. The molecule has 0 fully saturated rings. The molecule has 2 aliphatic carbocycles. The first kappa shape index (κ1) is 35.9. The minimum absolute atomic E-state index is 0.418. The molecule has 11 aromatic rings. The molecule has 1 spiro atoms. The second-order valence-corrected chi connectivity index (χ2v) is 17.8. The summed E-state index contributed by atoms with van der Waals surface area (Å²) in [6.07, 6.45) is 0. The largest absolute Gasteiger partial charge is 0.309 e. The molecule has 10 aromatic carbocycles. The molecule has 0 aliphatic heterocycles. The first-order valence-corrected chi connectivity index (χ1v) is 22.6. The minimum Gasteiger partial charge on any atom is -0.309 e. The summed E-state index contributed by atoms with van der Waals surface area (Å²) in [6.45, 7) is 0. The van der Waals surface area contributed by atoms with E-state index in [9.17, 15) is 0 Å². The SMILES string of the molecule is c1ccc(-c2ccccc2-c2c(-c3ccccc3)cccc2N(c2ccc3c(c2)-c2ccccc2C32c3ccccc3-c3ccccc32)c2cccc3sc4ccccc4c23)cc1. The highest BCUT2D eigenvalue weighted by molar-refractivity contribution is 7.26. The van der Waals surface area contributed by atoms with Crippen LogP contribution in [0.5, 0.6) is 0 Å². The van der Waals surface area contributed by atoms with Crippen LogP contribution in [0, 0.1) is 0 Å². The van der Waals surface area contributed by atoms with Gasteiger partial charge in [0.05, 0.1) is 16.8 Å². The second kappa shape index (κ2) is 14.1. The number of rotatable bonds is 6. The summed E-state index contributed by atoms with van der Waals surface area (Å²) in [6, 6.07) is 87.9. The van der Waals surface area contributed by atoms with E-state index < -0.39 is 5.41 Å². The molecule has 1 nitrogen and oxygen atoms in total. The van der Waals surface area contributed by atoms with Gasteiger partial charge in [-0.1, -0.05) is 200 Å². The predicted octanol–water partition coefficient (Wildman–Crippen LogP) is 16.9. The molecule has 0 radical (unpaired) electrons. The van der Waals surface area contributed by atoms with Gasteiger partial charge < -0.3 is 4.90 Å². The predicted molar refractivity (Wildman–Crippen MR) is 267 cm³/mol. The lowest BCUT2D eigenvalue weighted by Crippen LogP contribution is -2.25. The third-order valence-electron chi connectivity index (χ3n) is 13.5. The van der Waals surface area contributed by atoms with Gasteiger partial charge in [0.25, 0.3) is 0 Å². The molecule has 294 valence electrons. The number of anilines is 3. The van der Waals surface area contributed by atoms with Crippen LogP contribution in [0.15, 0.2) is 237 Å². The topological polar surface area (TPSA) is 3.24 Å². The van der Waals surface area contributed by atoms with Crippen molar-refractivity contribution in [1.29, 1.82) is 0 Å². The average Bonchev–Trinajstić information content (AvgIpc) is 3.99. The summed E-state index contributed by atoms with van der Waals surface area (Å²) < 4.78 is 2.56. The van der Waals surface area contributed by atoms with Crippen molar-refractivity contribution in [2.75, 3.05) is 4.90 Å². The number of fused-ring (bicyclic) bond motifs is 13. The van der Waals surface area contributed by atoms with Gasteiger partial charge in [-0.3, -0.25) is 0 Å². The fourth-order valence-electron chi connectivity index (χ4n) is 11.0. The molecule has 0 bridgehead atoms. The average molecular weight is 818 g/mol. The highest BCUT2D eigenvalue weighted by atomic mass is 32.1. The van der Waals surface area contributed by atoms with Gasteiger partial charge in [0.2, 0.25) is 0 Å². The molecular weight excluding hydrogens is 779 g/mol. The third kappa shape index (κ3) is 5.22. The normalized spacial score (nSPS) is 12.9. The van der Waals surface area contributed by atoms with E-state index in [1.54, 1.807) is 0 Å². The van der Waals surface area contributed by atoms with Crippen LogP contribution in [0.1, 0.15) is 22.3 Å². The van der Waals surface area contributed by atoms with Crippen LogP contribution < -0.4 is 4.90 Å². The van der Waals surface area contributed by atoms with Gasteiger partial charge in [0.1, 0.15) is 0 Å². The van der Waals surface area contributed by atoms with E-state index in [2.05, 4.69) is 241 Å². The molecule has 1 heterocycles. The van der Waals surface area contributed by atoms with Crippen molar-refractivity contribution in [3.63, 3.8) is 0 Å². The Labute approximate surface area is 371 Å². The van der Waals surface area contributed by atoms with Crippen LogP contribution in [0.25, 0.3) is 75.8 Å². The van der Waals surface area contributed by atoms with E-state index >= 15 is 0 Å². The number of benzene rings is 10. The molecular formula is C61H39NS. The lowest BCUT2D eigenvalue weighted by molar-refractivity contribution is 0.794. The Bertz CT molecular complexity index is 3540. The highest BCUT2D eigenvalue weighted by Gasteiger charge is 2.51. The monoisotopic (exact) mass is 817 g/mol. The van der Waals surface area contributed by atoms with Gasteiger partial charge in [0.15, 0.2) is 0 Å². The summed E-state index contributed by atoms with van der Waals surface area (Å²) in [5.74, 6) is 0. The number of thiophene rings is 1. The Balaban J connectivity index is 1.14. The number of hydrogen-bond donors (Lipinski definition) is 0. The van der Waals surface area contributed by atoms with Crippen molar-refractivity contribution in [3.05, 3.63) is 259 Å². The quantitative estimate of drug-likeness (QED) is 0.162. The molecule has 1 aromatic heterocycles. The molecule has 13 rings (SSSR count). The van der Waals surface area contributed by atoms with Crippen molar-refractivity contribution in [2.45, 2.75) is 5.41 Å². The molecule has 0 saturated carbocycles. The molecule has 0 saturated heterocycles. The van der Waals surface area contributed by atoms with Crippen molar-refractivity contribution >= 4 is 48.6 Å². The summed E-state index contributed by atoms with van der Waals surface area (Å²) >= 11 is 1.87. The van der Waals surface area contributed by atoms with Crippen LogP contribution >= 0.6 is 11.3 Å². The molecule has 63 heavy (non-hydrogen) atoms. The van der Waals surface area contributed by atoms with Gasteiger partial charge in [-0.25, -0.2) is 0 Å². The summed E-state index contributed by atoms with van der Waals surface area (Å²) in [4.78, 5) is 2.56. The Morgan fingerprint density at radius 1 is 0.317 bits per heavy atom. The standard InChI is InChI=1S/C61H39NS/c1-3-19-40(20-4-1)43-23-7-8-27-48(43)59-44(41-21-5-2-6-22-41)29-17-33-55(59)62(56-34-18-36-58-60(56)49-28-12-16-35-57(49)63-58)42-37-38-54-50(39-42)47-26-11-15-32-53(47)61(54)51-30-13-9-24-45(51)46-25-10-14-31-52(46)61/h1-39H. The van der Waals surface area contributed by atoms with Crippen molar-refractivity contribution in [3.8, 4) is 55.6 Å². The zero-order valence-electron chi connectivity index (χ0n) is 34.4. The first-order chi connectivity index (χ1) is 31.3. The molecule has 0 amide bonds. The summed E-state index contributed by atoms with van der Waals surface area (Å²) in [5, 5.41) is 2.54. The minimum atomic E-state index is -0.418. The van der Waals surface area contributed by atoms with E-state index in [1.807, 2.05) is 11.3 Å². The van der Waals surface area contributed by atoms with Gasteiger partial charge in [-0.05, 0) is 109 Å². The molecule has 2 aliphatic rings. The third-order valence-corrected chi connectivity index (χ3v) is 14.6. The van der Waals surface area contributed by atoms with E-state index in [1.165, 1.54) is 98.1 Å². The zero-order valence-corrected chi connectivity index (χ0v) is 35.2. The smallest absolute Gasteiger partial charge is 0.0725 e. The van der Waals surface area contributed by atoms with Gasteiger partial charge >= 0.3 is 0 Å². The van der Waals surface area contributed by atoms with Crippen LogP contribution in [0.4, 0.5) is 17.1 Å². The Kier molecular flexibility index (Phi) is 8.06. The lowest BCUT2D eigenvalue weighted by Gasteiger charge is -2.32. The fourth-order valence-corrected chi connectivity index (χ4v) is 12.1. The number of nitrogens with zero attached hydrogens (tertiary/aromatic N) is 1. The van der Waals surface area contributed by atoms with Crippen LogP contribution in [0.3, 0.4) is 0 Å². The summed E-state index contributed by atoms with van der Waals surface area (Å²) in [5.41, 5.74) is 20.7. The van der Waals surface area contributed by atoms with E-state index in [0.29, 0.717) is 0 Å². The number of hydrogen-bond acceptors (Lipinski definition) is 2. The van der Waals surface area contributed by atoms with Gasteiger partial charge in [-0.2, -0.15) is 0 Å². The van der Waals surface area contributed by atoms with Crippen molar-refractivity contribution < 1.29 is 0 Å². The maximum absolute atomic E-state index is 2.56. The van der Waals surface area contributed by atoms with E-state index in [0.717, 1.165) is 17.1 Å². The zero-order chi connectivity index (χ0) is 41.5. The van der Waals surface area contributed by atoms with Crippen molar-refractivity contribution in [2.24, 2.45) is 0 Å². The molecule has 0 atom stereocenters. The first-order valence-electron chi connectivity index (χ1n) is 21.8. The van der Waals surface area contributed by atoms with E-state index in [4.69, 9.17) is 0 Å². The Hall–Kier alpha value is -7.78. The van der Waals surface area contributed by atoms with E-state index in [-0.39, 0.29) is 0 Å². The molecule has 2 heteroatoms.